The minimum absolute atomic E-state index is 0.00805. The summed E-state index contributed by atoms with van der Waals surface area (Å²) < 4.78 is 35.0. The molecule has 0 aliphatic carbocycles. The number of hydrogen-bond acceptors (Lipinski definition) is 6. The molecule has 0 spiro atoms. The van der Waals surface area contributed by atoms with E-state index in [0.29, 0.717) is 42.3 Å². The molecule has 2 amide bonds. The maximum absolute atomic E-state index is 14.1. The first kappa shape index (κ1) is 27.4. The average Bonchev–Trinajstić information content (AvgIpc) is 3.48. The number of nitrogens with one attached hydrogen (secondary N) is 3. The molecule has 208 valence electrons. The van der Waals surface area contributed by atoms with E-state index < -0.39 is 29.7 Å². The number of urea groups is 1. The van der Waals surface area contributed by atoms with Gasteiger partial charge in [-0.1, -0.05) is 18.2 Å². The molecule has 1 fully saturated rings. The Bertz CT molecular complexity index is 1460. The lowest BCUT2D eigenvalue weighted by atomic mass is 9.99. The lowest BCUT2D eigenvalue weighted by molar-refractivity contribution is 0.184. The zero-order valence-corrected chi connectivity index (χ0v) is 22.5. The number of amides is 2. The van der Waals surface area contributed by atoms with Gasteiger partial charge in [0, 0.05) is 49.3 Å². The first-order valence-corrected chi connectivity index (χ1v) is 13.0. The van der Waals surface area contributed by atoms with E-state index in [-0.39, 0.29) is 6.04 Å². The van der Waals surface area contributed by atoms with Crippen LogP contribution in [0, 0.1) is 25.5 Å². The third-order valence-electron chi connectivity index (χ3n) is 7.00. The third kappa shape index (κ3) is 6.00. The highest BCUT2D eigenvalue weighted by Gasteiger charge is 2.36. The number of aryl methyl sites for hydroxylation is 1. The van der Waals surface area contributed by atoms with Crippen LogP contribution in [0.3, 0.4) is 0 Å². The summed E-state index contributed by atoms with van der Waals surface area (Å²) in [7, 11) is 1.62. The van der Waals surface area contributed by atoms with Crippen molar-refractivity contribution in [1.29, 1.82) is 0 Å². The summed E-state index contributed by atoms with van der Waals surface area (Å²) in [6, 6.07) is 11.5. The highest BCUT2D eigenvalue weighted by molar-refractivity contribution is 5.91. The first-order chi connectivity index (χ1) is 19.3. The van der Waals surface area contributed by atoms with Gasteiger partial charge in [0.15, 0.2) is 0 Å². The van der Waals surface area contributed by atoms with Gasteiger partial charge in [0.25, 0.3) is 0 Å². The number of carbonyl (C=O) groups is 1. The van der Waals surface area contributed by atoms with E-state index in [1.807, 2.05) is 37.3 Å². The molecule has 0 bridgehead atoms. The van der Waals surface area contributed by atoms with E-state index in [2.05, 4.69) is 25.9 Å². The first-order valence-electron chi connectivity index (χ1n) is 13.0. The van der Waals surface area contributed by atoms with E-state index in [0.717, 1.165) is 22.9 Å². The van der Waals surface area contributed by atoms with Gasteiger partial charge in [-0.25, -0.2) is 28.2 Å². The van der Waals surface area contributed by atoms with Crippen LogP contribution >= 0.6 is 0 Å². The number of benzene rings is 2. The smallest absolute Gasteiger partial charge is 0.320 e. The minimum atomic E-state index is -0.671. The topological polar surface area (TPSA) is 106 Å². The molecule has 1 aliphatic rings. The Kier molecular flexibility index (Phi) is 8.13. The van der Waals surface area contributed by atoms with Gasteiger partial charge in [0.05, 0.1) is 17.8 Å². The molecule has 40 heavy (non-hydrogen) atoms. The molecule has 3 N–H and O–H groups in total. The maximum atomic E-state index is 14.1. The van der Waals surface area contributed by atoms with E-state index in [1.165, 1.54) is 12.1 Å². The van der Waals surface area contributed by atoms with Crippen LogP contribution in [0.2, 0.25) is 0 Å². The van der Waals surface area contributed by atoms with E-state index in [9.17, 15) is 13.6 Å². The van der Waals surface area contributed by atoms with Crippen LogP contribution in [0.4, 0.5) is 19.4 Å². The number of ether oxygens (including phenoxy) is 1. The molecule has 0 saturated carbocycles. The van der Waals surface area contributed by atoms with Crippen molar-refractivity contribution in [3.8, 4) is 16.9 Å². The Morgan fingerprint density at radius 3 is 2.48 bits per heavy atom. The monoisotopic (exact) mass is 547 g/mol. The predicted molar refractivity (Wildman–Crippen MR) is 147 cm³/mol. The molecule has 0 radical (unpaired) electrons. The fourth-order valence-electron chi connectivity index (χ4n) is 5.07. The number of rotatable bonds is 8. The van der Waals surface area contributed by atoms with Crippen LogP contribution in [0.5, 0.6) is 0 Å². The highest BCUT2D eigenvalue weighted by Crippen LogP contribution is 2.32. The predicted octanol–water partition coefficient (Wildman–Crippen LogP) is 4.85. The Morgan fingerprint density at radius 1 is 1.10 bits per heavy atom. The molecule has 1 aliphatic heterocycles. The van der Waals surface area contributed by atoms with Crippen LogP contribution in [0.15, 0.2) is 60.9 Å². The number of halogens is 2. The Labute approximate surface area is 231 Å². The molecule has 4 aromatic rings. The van der Waals surface area contributed by atoms with Gasteiger partial charge in [-0.15, -0.1) is 0 Å². The summed E-state index contributed by atoms with van der Waals surface area (Å²) in [5.41, 5.74) is 3.27. The molecule has 3 heterocycles. The van der Waals surface area contributed by atoms with E-state index in [1.54, 1.807) is 31.1 Å². The fourth-order valence-corrected chi connectivity index (χ4v) is 5.07. The molecule has 3 atom stereocenters. The van der Waals surface area contributed by atoms with Gasteiger partial charge in [0.2, 0.25) is 0 Å². The molecular formula is C29H31F2N7O2. The molecule has 1 saturated heterocycles. The molecule has 11 heteroatoms. The van der Waals surface area contributed by atoms with Crippen molar-refractivity contribution < 1.29 is 18.3 Å². The second-order valence-electron chi connectivity index (χ2n) is 9.85. The van der Waals surface area contributed by atoms with Crippen molar-refractivity contribution in [2.24, 2.45) is 0 Å². The van der Waals surface area contributed by atoms with Gasteiger partial charge in [-0.3, -0.25) is 5.32 Å². The zero-order chi connectivity index (χ0) is 28.2. The number of para-hydroxylation sites is 1. The average molecular weight is 548 g/mol. The van der Waals surface area contributed by atoms with Crippen LogP contribution < -0.4 is 16.0 Å². The van der Waals surface area contributed by atoms with Crippen molar-refractivity contribution in [3.63, 3.8) is 0 Å². The normalized spacial score (nSPS) is 18.6. The van der Waals surface area contributed by atoms with Gasteiger partial charge < -0.3 is 15.4 Å². The van der Waals surface area contributed by atoms with Crippen LogP contribution in [0.1, 0.15) is 35.8 Å². The highest BCUT2D eigenvalue weighted by atomic mass is 19.1. The molecule has 2 aromatic heterocycles. The number of carbonyl (C=O) groups excluding carboxylic acids is 1. The fraction of sp³-hybridized carbons (Fsp3) is 0.310. The zero-order valence-electron chi connectivity index (χ0n) is 22.5. The second-order valence-corrected chi connectivity index (χ2v) is 9.85. The van der Waals surface area contributed by atoms with Crippen LogP contribution in [-0.2, 0) is 4.74 Å². The number of methoxy groups -OCH3 is 1. The van der Waals surface area contributed by atoms with E-state index >= 15 is 0 Å². The molecule has 9 nitrogen and oxygen atoms in total. The minimum Gasteiger partial charge on any atom is -0.385 e. The molecular weight excluding hydrogens is 516 g/mol. The largest absolute Gasteiger partial charge is 0.385 e. The lowest BCUT2D eigenvalue weighted by Crippen LogP contribution is -2.41. The number of anilines is 1. The standard InChI is InChI=1S/C29H31F2N7O2/c1-17-26(20-15-32-18(2)33-16-20)37-38(24-7-5-4-6-8-24)28(17)36-29(39)35-25-14-23(9-10-40-3)34-27(25)19-11-21(30)13-22(31)12-19/h4-8,11-13,15-16,23,25,27,34H,9-10,14H2,1-3H3,(H2,35,36,39)/t23-,25-,27+/m1/s1. The maximum Gasteiger partial charge on any atom is 0.320 e. The van der Waals surface area contributed by atoms with Gasteiger partial charge in [0.1, 0.15) is 29.0 Å². The Morgan fingerprint density at radius 2 is 1.80 bits per heavy atom. The van der Waals surface area contributed by atoms with Crippen molar-refractivity contribution >= 4 is 11.8 Å². The van der Waals surface area contributed by atoms with Crippen molar-refractivity contribution in [1.82, 2.24) is 30.4 Å². The quantitative estimate of drug-likeness (QED) is 0.291. The van der Waals surface area contributed by atoms with Crippen LogP contribution in [0.25, 0.3) is 16.9 Å². The summed E-state index contributed by atoms with van der Waals surface area (Å²) in [6.45, 7) is 4.19. The van der Waals surface area contributed by atoms with Crippen LogP contribution in [-0.4, -0.2) is 51.6 Å². The molecule has 0 unspecified atom stereocenters. The number of nitrogens with zero attached hydrogens (tertiary/aromatic N) is 4. The summed E-state index contributed by atoms with van der Waals surface area (Å²) in [4.78, 5) is 22.0. The molecule has 5 rings (SSSR count). The van der Waals surface area contributed by atoms with Crippen molar-refractivity contribution in [2.45, 2.75) is 44.8 Å². The SMILES string of the molecule is COCC[C@@H]1C[C@@H](NC(=O)Nc2c(C)c(-c3cnc(C)nc3)nn2-c2ccccc2)[C@H](c2cc(F)cc(F)c2)N1. The summed E-state index contributed by atoms with van der Waals surface area (Å²) >= 11 is 0. The van der Waals surface area contributed by atoms with Gasteiger partial charge in [-0.05, 0) is 56.5 Å². The number of hydrogen-bond donors (Lipinski definition) is 3. The third-order valence-corrected chi connectivity index (χ3v) is 7.00. The summed E-state index contributed by atoms with van der Waals surface area (Å²) in [6.07, 6.45) is 4.64. The number of aromatic nitrogens is 4. The second kappa shape index (κ2) is 11.9. The van der Waals surface area contributed by atoms with Gasteiger partial charge in [-0.2, -0.15) is 5.10 Å². The summed E-state index contributed by atoms with van der Waals surface area (Å²) in [5, 5.41) is 14.2. The van der Waals surface area contributed by atoms with E-state index in [4.69, 9.17) is 9.84 Å². The molecule has 2 aromatic carbocycles. The Hall–Kier alpha value is -4.22. The lowest BCUT2D eigenvalue weighted by Gasteiger charge is -2.22. The van der Waals surface area contributed by atoms with Gasteiger partial charge >= 0.3 is 6.03 Å². The van der Waals surface area contributed by atoms with Crippen molar-refractivity contribution in [2.75, 3.05) is 19.0 Å². The van der Waals surface area contributed by atoms with Crippen molar-refractivity contribution in [3.05, 3.63) is 89.5 Å². The Balaban J connectivity index is 1.43. The summed E-state index contributed by atoms with van der Waals surface area (Å²) in [5.74, 6) is -0.219.